The molecule has 0 radical (unpaired) electrons. The van der Waals surface area contributed by atoms with Crippen molar-refractivity contribution in [3.63, 3.8) is 0 Å². The molecule has 0 bridgehead atoms. The van der Waals surface area contributed by atoms with Crippen LogP contribution in [0.1, 0.15) is 38.8 Å². The second-order valence-corrected chi connectivity index (χ2v) is 13.5. The lowest BCUT2D eigenvalue weighted by Gasteiger charge is -2.33. The fourth-order valence-corrected chi connectivity index (χ4v) is 5.85. The van der Waals surface area contributed by atoms with E-state index in [2.05, 4.69) is 21.2 Å². The van der Waals surface area contributed by atoms with Gasteiger partial charge in [0.25, 0.3) is 10.0 Å². The van der Waals surface area contributed by atoms with Crippen LogP contribution in [0.15, 0.2) is 82.2 Å². The Hall–Kier alpha value is -2.88. The Balaban J connectivity index is 2.05. The highest BCUT2D eigenvalue weighted by molar-refractivity contribution is 9.10. The molecule has 0 unspecified atom stereocenters. The standard InChI is InChI=1S/C29H33BrClN3O4S/c1-20-13-15-25(16-14-20)39(37,38)34(24-11-8-10-23(30)17-24)19-27(35)33(18-22-9-6-7-12-26(22)31)21(2)28(36)32-29(3,4)5/h6-17,21H,18-19H2,1-5H3,(H,32,36)/t21-/m0/s1. The highest BCUT2D eigenvalue weighted by Crippen LogP contribution is 2.27. The summed E-state index contributed by atoms with van der Waals surface area (Å²) < 4.78 is 29.4. The van der Waals surface area contributed by atoms with Crippen molar-refractivity contribution in [1.29, 1.82) is 0 Å². The number of aryl methyl sites for hydroxylation is 1. The van der Waals surface area contributed by atoms with Crippen LogP contribution in [0.4, 0.5) is 5.69 Å². The van der Waals surface area contributed by atoms with Crippen molar-refractivity contribution in [3.8, 4) is 0 Å². The van der Waals surface area contributed by atoms with E-state index in [0.29, 0.717) is 20.7 Å². The average Bonchev–Trinajstić information content (AvgIpc) is 2.85. The number of hydrogen-bond donors (Lipinski definition) is 1. The van der Waals surface area contributed by atoms with Crippen LogP contribution in [-0.2, 0) is 26.2 Å². The maximum atomic E-state index is 14.0. The number of carbonyl (C=O) groups is 2. The smallest absolute Gasteiger partial charge is 0.264 e. The van der Waals surface area contributed by atoms with Gasteiger partial charge < -0.3 is 10.2 Å². The second-order valence-electron chi connectivity index (χ2n) is 10.3. The first-order chi connectivity index (χ1) is 18.2. The number of rotatable bonds is 9. The number of hydrogen-bond acceptors (Lipinski definition) is 4. The summed E-state index contributed by atoms with van der Waals surface area (Å²) in [6.45, 7) is 8.53. The minimum atomic E-state index is -4.13. The largest absolute Gasteiger partial charge is 0.350 e. The first kappa shape index (κ1) is 30.7. The fourth-order valence-electron chi connectivity index (χ4n) is 3.86. The Morgan fingerprint density at radius 3 is 2.23 bits per heavy atom. The molecule has 0 saturated carbocycles. The number of carbonyl (C=O) groups excluding carboxylic acids is 2. The molecule has 0 fully saturated rings. The molecule has 3 aromatic rings. The Labute approximate surface area is 244 Å². The predicted molar refractivity (Wildman–Crippen MR) is 159 cm³/mol. The van der Waals surface area contributed by atoms with E-state index in [1.807, 2.05) is 27.7 Å². The van der Waals surface area contributed by atoms with E-state index in [-0.39, 0.29) is 17.3 Å². The van der Waals surface area contributed by atoms with E-state index < -0.39 is 34.1 Å². The number of anilines is 1. The molecule has 39 heavy (non-hydrogen) atoms. The summed E-state index contributed by atoms with van der Waals surface area (Å²) in [6, 6.07) is 19.3. The number of amides is 2. The van der Waals surface area contributed by atoms with Gasteiger partial charge in [0.1, 0.15) is 12.6 Å². The van der Waals surface area contributed by atoms with Crippen LogP contribution >= 0.6 is 27.5 Å². The summed E-state index contributed by atoms with van der Waals surface area (Å²) in [5.74, 6) is -0.916. The zero-order valence-corrected chi connectivity index (χ0v) is 25.8. The molecule has 7 nitrogen and oxygen atoms in total. The lowest BCUT2D eigenvalue weighted by molar-refractivity contribution is -0.140. The van der Waals surface area contributed by atoms with Gasteiger partial charge in [-0.05, 0) is 76.6 Å². The molecule has 0 aliphatic rings. The number of benzene rings is 3. The monoisotopic (exact) mass is 633 g/mol. The molecular weight excluding hydrogens is 602 g/mol. The van der Waals surface area contributed by atoms with E-state index >= 15 is 0 Å². The zero-order chi connectivity index (χ0) is 29.0. The molecule has 0 aromatic heterocycles. The summed E-state index contributed by atoms with van der Waals surface area (Å²) >= 11 is 9.79. The molecule has 0 spiro atoms. The molecule has 0 aliphatic carbocycles. The molecule has 1 N–H and O–H groups in total. The zero-order valence-electron chi connectivity index (χ0n) is 22.6. The first-order valence-corrected chi connectivity index (χ1v) is 15.0. The van der Waals surface area contributed by atoms with Crippen molar-refractivity contribution in [2.75, 3.05) is 10.8 Å². The second kappa shape index (κ2) is 12.5. The highest BCUT2D eigenvalue weighted by atomic mass is 79.9. The molecular formula is C29H33BrClN3O4S. The first-order valence-electron chi connectivity index (χ1n) is 12.4. The maximum absolute atomic E-state index is 14.0. The third kappa shape index (κ3) is 8.06. The number of nitrogens with zero attached hydrogens (tertiary/aromatic N) is 2. The van der Waals surface area contributed by atoms with Crippen LogP contribution in [0.3, 0.4) is 0 Å². The van der Waals surface area contributed by atoms with Crippen molar-refractivity contribution < 1.29 is 18.0 Å². The van der Waals surface area contributed by atoms with Crippen LogP contribution in [0.2, 0.25) is 5.02 Å². The van der Waals surface area contributed by atoms with Gasteiger partial charge in [-0.3, -0.25) is 13.9 Å². The van der Waals surface area contributed by atoms with Gasteiger partial charge in [0, 0.05) is 21.6 Å². The van der Waals surface area contributed by atoms with Crippen LogP contribution in [0.5, 0.6) is 0 Å². The van der Waals surface area contributed by atoms with E-state index in [9.17, 15) is 18.0 Å². The Bertz CT molecular complexity index is 1440. The SMILES string of the molecule is Cc1ccc(S(=O)(=O)N(CC(=O)N(Cc2ccccc2Cl)[C@@H](C)C(=O)NC(C)(C)C)c2cccc(Br)c2)cc1. The van der Waals surface area contributed by atoms with E-state index in [1.165, 1.54) is 17.0 Å². The van der Waals surface area contributed by atoms with Crippen LogP contribution < -0.4 is 9.62 Å². The Kier molecular flexibility index (Phi) is 9.85. The van der Waals surface area contributed by atoms with Gasteiger partial charge in [-0.2, -0.15) is 0 Å². The summed E-state index contributed by atoms with van der Waals surface area (Å²) in [4.78, 5) is 28.5. The summed E-state index contributed by atoms with van der Waals surface area (Å²) in [5, 5.41) is 3.34. The van der Waals surface area contributed by atoms with E-state index in [0.717, 1.165) is 9.87 Å². The van der Waals surface area contributed by atoms with Gasteiger partial charge in [-0.1, -0.05) is 69.5 Å². The quantitative estimate of drug-likeness (QED) is 0.316. The summed E-state index contributed by atoms with van der Waals surface area (Å²) in [5.41, 5.74) is 1.33. The fraction of sp³-hybridized carbons (Fsp3) is 0.310. The molecule has 3 aromatic carbocycles. The molecule has 0 heterocycles. The number of nitrogens with one attached hydrogen (secondary N) is 1. The van der Waals surface area contributed by atoms with Crippen LogP contribution in [-0.4, -0.2) is 43.3 Å². The van der Waals surface area contributed by atoms with Crippen molar-refractivity contribution in [2.45, 2.75) is 57.6 Å². The van der Waals surface area contributed by atoms with Crippen molar-refractivity contribution in [3.05, 3.63) is 93.4 Å². The van der Waals surface area contributed by atoms with Gasteiger partial charge in [0.15, 0.2) is 0 Å². The lowest BCUT2D eigenvalue weighted by Crippen LogP contribution is -2.54. The van der Waals surface area contributed by atoms with Crippen molar-refractivity contribution in [2.24, 2.45) is 0 Å². The van der Waals surface area contributed by atoms with Gasteiger partial charge >= 0.3 is 0 Å². The average molecular weight is 635 g/mol. The van der Waals surface area contributed by atoms with E-state index in [4.69, 9.17) is 11.6 Å². The van der Waals surface area contributed by atoms with Crippen LogP contribution in [0, 0.1) is 6.92 Å². The minimum absolute atomic E-state index is 0.0220. The van der Waals surface area contributed by atoms with Gasteiger partial charge in [-0.15, -0.1) is 0 Å². The minimum Gasteiger partial charge on any atom is -0.350 e. The summed E-state index contributed by atoms with van der Waals surface area (Å²) in [7, 11) is -4.13. The third-order valence-electron chi connectivity index (χ3n) is 5.95. The van der Waals surface area contributed by atoms with Crippen molar-refractivity contribution in [1.82, 2.24) is 10.2 Å². The molecule has 0 saturated heterocycles. The van der Waals surface area contributed by atoms with E-state index in [1.54, 1.807) is 67.6 Å². The maximum Gasteiger partial charge on any atom is 0.264 e. The molecule has 10 heteroatoms. The molecule has 1 atom stereocenters. The molecule has 3 rings (SSSR count). The van der Waals surface area contributed by atoms with Crippen molar-refractivity contribution >= 4 is 55.1 Å². The highest BCUT2D eigenvalue weighted by Gasteiger charge is 2.33. The predicted octanol–water partition coefficient (Wildman–Crippen LogP) is 5.94. The third-order valence-corrected chi connectivity index (χ3v) is 8.60. The molecule has 208 valence electrons. The molecule has 2 amide bonds. The normalized spacial score (nSPS) is 12.5. The van der Waals surface area contributed by atoms with Crippen LogP contribution in [0.25, 0.3) is 0 Å². The van der Waals surface area contributed by atoms with Gasteiger partial charge in [0.05, 0.1) is 10.6 Å². The van der Waals surface area contributed by atoms with Gasteiger partial charge in [-0.25, -0.2) is 8.42 Å². The lowest BCUT2D eigenvalue weighted by atomic mass is 10.1. The summed E-state index contributed by atoms with van der Waals surface area (Å²) in [6.07, 6.45) is 0. The topological polar surface area (TPSA) is 86.8 Å². The molecule has 0 aliphatic heterocycles. The number of halogens is 2. The Morgan fingerprint density at radius 1 is 1.00 bits per heavy atom. The Morgan fingerprint density at radius 2 is 1.64 bits per heavy atom. The van der Waals surface area contributed by atoms with Gasteiger partial charge in [0.2, 0.25) is 11.8 Å². The number of sulfonamides is 1.